The van der Waals surface area contributed by atoms with Crippen molar-refractivity contribution in [3.63, 3.8) is 0 Å². The molecule has 0 fully saturated rings. The summed E-state index contributed by atoms with van der Waals surface area (Å²) in [5.74, 6) is -1.92. The SMILES string of the molecule is CCOC(=O)CC(CC(=O)CBr)C(=O)OCC. The highest BCUT2D eigenvalue weighted by molar-refractivity contribution is 9.09. The van der Waals surface area contributed by atoms with Crippen molar-refractivity contribution in [3.8, 4) is 0 Å². The lowest BCUT2D eigenvalue weighted by Gasteiger charge is -2.13. The minimum atomic E-state index is -0.751. The maximum Gasteiger partial charge on any atom is 0.309 e. The summed E-state index contributed by atoms with van der Waals surface area (Å²) in [6.45, 7) is 3.83. The normalized spacial score (nSPS) is 11.7. The molecule has 1 atom stereocenters. The van der Waals surface area contributed by atoms with Crippen molar-refractivity contribution in [1.29, 1.82) is 0 Å². The molecule has 0 aromatic carbocycles. The lowest BCUT2D eigenvalue weighted by molar-refractivity contribution is -0.155. The largest absolute Gasteiger partial charge is 0.466 e. The number of hydrogen-bond acceptors (Lipinski definition) is 5. The van der Waals surface area contributed by atoms with Gasteiger partial charge < -0.3 is 9.47 Å². The number of ketones is 1. The quantitative estimate of drug-likeness (QED) is 0.502. The fraction of sp³-hybridized carbons (Fsp3) is 0.727. The average molecular weight is 309 g/mol. The molecule has 0 saturated heterocycles. The fourth-order valence-corrected chi connectivity index (χ4v) is 1.48. The predicted molar refractivity (Wildman–Crippen MR) is 64.8 cm³/mol. The van der Waals surface area contributed by atoms with Crippen LogP contribution in [0, 0.1) is 5.92 Å². The third-order valence-electron chi connectivity index (χ3n) is 1.96. The van der Waals surface area contributed by atoms with Gasteiger partial charge in [0, 0.05) is 6.42 Å². The number of alkyl halides is 1. The van der Waals surface area contributed by atoms with Crippen molar-refractivity contribution in [2.75, 3.05) is 18.5 Å². The number of carbonyl (C=O) groups excluding carboxylic acids is 3. The van der Waals surface area contributed by atoms with Crippen LogP contribution in [0.25, 0.3) is 0 Å². The molecule has 0 heterocycles. The highest BCUT2D eigenvalue weighted by Crippen LogP contribution is 2.13. The van der Waals surface area contributed by atoms with Crippen LogP contribution in [0.2, 0.25) is 0 Å². The molecule has 0 saturated carbocycles. The van der Waals surface area contributed by atoms with Crippen LogP contribution in [0.15, 0.2) is 0 Å². The summed E-state index contributed by atoms with van der Waals surface area (Å²) in [6, 6.07) is 0. The topological polar surface area (TPSA) is 69.7 Å². The van der Waals surface area contributed by atoms with Crippen LogP contribution in [0.1, 0.15) is 26.7 Å². The van der Waals surface area contributed by atoms with Gasteiger partial charge in [0.25, 0.3) is 0 Å². The van der Waals surface area contributed by atoms with E-state index in [2.05, 4.69) is 15.9 Å². The van der Waals surface area contributed by atoms with Crippen LogP contribution in [0.4, 0.5) is 0 Å². The Morgan fingerprint density at radius 1 is 1.06 bits per heavy atom. The van der Waals surface area contributed by atoms with Gasteiger partial charge in [-0.2, -0.15) is 0 Å². The van der Waals surface area contributed by atoms with Crippen molar-refractivity contribution in [2.24, 2.45) is 5.92 Å². The maximum absolute atomic E-state index is 11.5. The van der Waals surface area contributed by atoms with Gasteiger partial charge in [0.2, 0.25) is 0 Å². The predicted octanol–water partition coefficient (Wildman–Crippen LogP) is 1.47. The van der Waals surface area contributed by atoms with Crippen molar-refractivity contribution >= 4 is 33.7 Å². The molecular formula is C11H17BrO5. The van der Waals surface area contributed by atoms with E-state index in [1.165, 1.54) is 0 Å². The molecule has 0 aromatic rings. The summed E-state index contributed by atoms with van der Waals surface area (Å²) in [6.07, 6.45) is -0.131. The van der Waals surface area contributed by atoms with Crippen LogP contribution >= 0.6 is 15.9 Å². The molecule has 0 amide bonds. The fourth-order valence-electron chi connectivity index (χ4n) is 1.25. The first-order chi connectivity index (χ1) is 8.04. The molecule has 6 heteroatoms. The average Bonchev–Trinajstić information content (AvgIpc) is 2.28. The van der Waals surface area contributed by atoms with E-state index in [9.17, 15) is 14.4 Å². The molecule has 0 bridgehead atoms. The highest BCUT2D eigenvalue weighted by Gasteiger charge is 2.26. The number of hydrogen-bond donors (Lipinski definition) is 0. The highest BCUT2D eigenvalue weighted by atomic mass is 79.9. The molecule has 1 unspecified atom stereocenters. The van der Waals surface area contributed by atoms with Crippen LogP contribution in [0.3, 0.4) is 0 Å². The van der Waals surface area contributed by atoms with E-state index in [1.807, 2.05) is 0 Å². The van der Waals surface area contributed by atoms with Crippen molar-refractivity contribution in [3.05, 3.63) is 0 Å². The zero-order valence-corrected chi connectivity index (χ0v) is 11.6. The van der Waals surface area contributed by atoms with Gasteiger partial charge in [0.15, 0.2) is 0 Å². The molecule has 0 rings (SSSR count). The van der Waals surface area contributed by atoms with Gasteiger partial charge >= 0.3 is 11.9 Å². The van der Waals surface area contributed by atoms with Gasteiger partial charge in [-0.1, -0.05) is 15.9 Å². The summed E-state index contributed by atoms with van der Waals surface area (Å²) < 4.78 is 9.56. The van der Waals surface area contributed by atoms with E-state index < -0.39 is 17.9 Å². The zero-order chi connectivity index (χ0) is 13.3. The maximum atomic E-state index is 11.5. The smallest absolute Gasteiger partial charge is 0.309 e. The second kappa shape index (κ2) is 9.15. The number of halogens is 1. The van der Waals surface area contributed by atoms with E-state index in [4.69, 9.17) is 9.47 Å². The standard InChI is InChI=1S/C11H17BrO5/c1-3-16-10(14)6-8(5-9(13)7-12)11(15)17-4-2/h8H,3-7H2,1-2H3. The summed E-state index contributed by atoms with van der Waals surface area (Å²) >= 11 is 3.01. The molecule has 0 radical (unpaired) electrons. The van der Waals surface area contributed by atoms with E-state index >= 15 is 0 Å². The van der Waals surface area contributed by atoms with Gasteiger partial charge in [0.1, 0.15) is 5.78 Å². The Morgan fingerprint density at radius 3 is 2.12 bits per heavy atom. The molecule has 0 aliphatic carbocycles. The molecule has 0 N–H and O–H groups in total. The van der Waals surface area contributed by atoms with Crippen LogP contribution < -0.4 is 0 Å². The minimum absolute atomic E-state index is 0.0110. The molecule has 0 aromatic heterocycles. The molecule has 17 heavy (non-hydrogen) atoms. The Labute approximate surface area is 109 Å². The van der Waals surface area contributed by atoms with E-state index in [0.29, 0.717) is 0 Å². The first-order valence-corrected chi connectivity index (χ1v) is 6.57. The van der Waals surface area contributed by atoms with Crippen LogP contribution in [-0.4, -0.2) is 36.3 Å². The van der Waals surface area contributed by atoms with E-state index in [1.54, 1.807) is 13.8 Å². The Bertz CT molecular complexity index is 277. The minimum Gasteiger partial charge on any atom is -0.466 e. The van der Waals surface area contributed by atoms with Gasteiger partial charge in [-0.25, -0.2) is 0 Å². The summed E-state index contributed by atoms with van der Waals surface area (Å²) in [5, 5.41) is 0.158. The monoisotopic (exact) mass is 308 g/mol. The lowest BCUT2D eigenvalue weighted by atomic mass is 9.99. The van der Waals surface area contributed by atoms with Gasteiger partial charge in [-0.05, 0) is 13.8 Å². The molecule has 0 aliphatic rings. The first kappa shape index (κ1) is 16.1. The van der Waals surface area contributed by atoms with E-state index in [-0.39, 0.29) is 37.2 Å². The van der Waals surface area contributed by atoms with Crippen molar-refractivity contribution in [1.82, 2.24) is 0 Å². The molecular weight excluding hydrogens is 292 g/mol. The number of carbonyl (C=O) groups is 3. The molecule has 0 spiro atoms. The van der Waals surface area contributed by atoms with Crippen molar-refractivity contribution in [2.45, 2.75) is 26.7 Å². The van der Waals surface area contributed by atoms with Gasteiger partial charge in [-0.3, -0.25) is 14.4 Å². The number of ether oxygens (including phenoxy) is 2. The summed E-state index contributed by atoms with van der Waals surface area (Å²) in [5.41, 5.74) is 0. The second-order valence-corrected chi connectivity index (χ2v) is 3.90. The summed E-state index contributed by atoms with van der Waals surface area (Å²) in [4.78, 5) is 34.1. The summed E-state index contributed by atoms with van der Waals surface area (Å²) in [7, 11) is 0. The number of rotatable bonds is 8. The number of esters is 2. The third kappa shape index (κ3) is 7.10. The van der Waals surface area contributed by atoms with E-state index in [0.717, 1.165) is 0 Å². The van der Waals surface area contributed by atoms with Crippen molar-refractivity contribution < 1.29 is 23.9 Å². The lowest BCUT2D eigenvalue weighted by Crippen LogP contribution is -2.25. The second-order valence-electron chi connectivity index (χ2n) is 3.33. The molecule has 5 nitrogen and oxygen atoms in total. The van der Waals surface area contributed by atoms with Gasteiger partial charge in [0.05, 0.1) is 30.9 Å². The Morgan fingerprint density at radius 2 is 1.65 bits per heavy atom. The Kier molecular flexibility index (Phi) is 8.66. The Balaban J connectivity index is 4.44. The zero-order valence-electron chi connectivity index (χ0n) is 10.0. The number of Topliss-reactive ketones (excluding diaryl/α,β-unsaturated/α-hetero) is 1. The Hall–Kier alpha value is -0.910. The van der Waals surface area contributed by atoms with Gasteiger partial charge in [-0.15, -0.1) is 0 Å². The first-order valence-electron chi connectivity index (χ1n) is 5.45. The molecule has 98 valence electrons. The van der Waals surface area contributed by atoms with Crippen LogP contribution in [0.5, 0.6) is 0 Å². The van der Waals surface area contributed by atoms with Crippen LogP contribution in [-0.2, 0) is 23.9 Å². The molecule has 0 aliphatic heterocycles. The third-order valence-corrected chi connectivity index (χ3v) is 2.59.